The minimum atomic E-state index is -0.366. The smallest absolute Gasteiger partial charge is 0.228 e. The Morgan fingerprint density at radius 3 is 2.46 bits per heavy atom. The fourth-order valence-electron chi connectivity index (χ4n) is 3.08. The van der Waals surface area contributed by atoms with E-state index in [4.69, 9.17) is 23.2 Å². The fourth-order valence-corrected chi connectivity index (χ4v) is 3.37. The number of carbonyl (C=O) groups excluding carboxylic acids is 3. The summed E-state index contributed by atoms with van der Waals surface area (Å²) in [6, 6.07) is 5.00. The first kappa shape index (κ1) is 17.0. The van der Waals surface area contributed by atoms with Gasteiger partial charge in [0, 0.05) is 44.8 Å². The number of benzene rings is 1. The summed E-state index contributed by atoms with van der Waals surface area (Å²) in [6.45, 7) is 2.42. The van der Waals surface area contributed by atoms with Gasteiger partial charge in [0.15, 0.2) is 0 Å². The first-order chi connectivity index (χ1) is 11.5. The number of carbonyl (C=O) groups is 3. The van der Waals surface area contributed by atoms with Crippen molar-refractivity contribution in [3.63, 3.8) is 0 Å². The molecule has 0 N–H and O–H groups in total. The van der Waals surface area contributed by atoms with Crippen molar-refractivity contribution in [2.24, 2.45) is 5.92 Å². The van der Waals surface area contributed by atoms with Gasteiger partial charge in [0.2, 0.25) is 18.2 Å². The lowest BCUT2D eigenvalue weighted by Gasteiger charge is -2.33. The van der Waals surface area contributed by atoms with Gasteiger partial charge in [-0.1, -0.05) is 23.2 Å². The molecular weight excluding hydrogens is 353 g/mol. The lowest BCUT2D eigenvalue weighted by atomic mass is 10.1. The van der Waals surface area contributed by atoms with Gasteiger partial charge in [0.05, 0.1) is 16.0 Å². The number of rotatable bonds is 3. The number of hydrogen-bond donors (Lipinski definition) is 0. The molecule has 1 aromatic carbocycles. The van der Waals surface area contributed by atoms with Crippen molar-refractivity contribution in [2.75, 3.05) is 37.6 Å². The van der Waals surface area contributed by atoms with Crippen LogP contribution in [-0.2, 0) is 14.4 Å². The number of hydrogen-bond acceptors (Lipinski definition) is 3. The molecule has 2 fully saturated rings. The van der Waals surface area contributed by atoms with Crippen LogP contribution in [0.5, 0.6) is 0 Å². The summed E-state index contributed by atoms with van der Waals surface area (Å²) < 4.78 is 0. The fraction of sp³-hybridized carbons (Fsp3) is 0.438. The second-order valence-corrected chi connectivity index (χ2v) is 6.78. The summed E-state index contributed by atoms with van der Waals surface area (Å²) in [7, 11) is 0. The van der Waals surface area contributed by atoms with E-state index in [1.807, 2.05) is 0 Å². The van der Waals surface area contributed by atoms with Crippen molar-refractivity contribution in [1.82, 2.24) is 9.80 Å². The molecule has 2 heterocycles. The Morgan fingerprint density at radius 1 is 1.12 bits per heavy atom. The maximum Gasteiger partial charge on any atom is 0.228 e. The Kier molecular flexibility index (Phi) is 4.96. The molecule has 6 nitrogen and oxygen atoms in total. The van der Waals surface area contributed by atoms with E-state index in [9.17, 15) is 14.4 Å². The zero-order valence-corrected chi connectivity index (χ0v) is 14.5. The Balaban J connectivity index is 1.67. The molecule has 2 aliphatic rings. The van der Waals surface area contributed by atoms with Gasteiger partial charge >= 0.3 is 0 Å². The maximum atomic E-state index is 12.6. The van der Waals surface area contributed by atoms with Crippen LogP contribution in [0.25, 0.3) is 0 Å². The summed E-state index contributed by atoms with van der Waals surface area (Å²) in [5.74, 6) is -0.496. The predicted molar refractivity (Wildman–Crippen MR) is 91.1 cm³/mol. The Morgan fingerprint density at radius 2 is 1.83 bits per heavy atom. The van der Waals surface area contributed by atoms with Gasteiger partial charge in [-0.3, -0.25) is 14.4 Å². The zero-order chi connectivity index (χ0) is 17.3. The largest absolute Gasteiger partial charge is 0.342 e. The van der Waals surface area contributed by atoms with Crippen molar-refractivity contribution >= 4 is 47.1 Å². The van der Waals surface area contributed by atoms with Crippen molar-refractivity contribution in [3.8, 4) is 0 Å². The van der Waals surface area contributed by atoms with E-state index < -0.39 is 0 Å². The molecule has 2 saturated heterocycles. The van der Waals surface area contributed by atoms with E-state index >= 15 is 0 Å². The van der Waals surface area contributed by atoms with E-state index in [-0.39, 0.29) is 24.2 Å². The third-order valence-corrected chi connectivity index (χ3v) is 5.20. The van der Waals surface area contributed by atoms with Crippen molar-refractivity contribution in [2.45, 2.75) is 6.42 Å². The average Bonchev–Trinajstić information content (AvgIpc) is 2.98. The molecule has 3 amide bonds. The van der Waals surface area contributed by atoms with Crippen LogP contribution in [-0.4, -0.2) is 60.7 Å². The van der Waals surface area contributed by atoms with E-state index in [0.29, 0.717) is 48.5 Å². The van der Waals surface area contributed by atoms with Crippen molar-refractivity contribution in [1.29, 1.82) is 0 Å². The van der Waals surface area contributed by atoms with E-state index in [1.165, 1.54) is 0 Å². The minimum Gasteiger partial charge on any atom is -0.342 e. The number of amides is 3. The first-order valence-corrected chi connectivity index (χ1v) is 8.48. The monoisotopic (exact) mass is 369 g/mol. The highest BCUT2D eigenvalue weighted by Crippen LogP contribution is 2.31. The van der Waals surface area contributed by atoms with Crippen LogP contribution in [0.15, 0.2) is 18.2 Å². The average molecular weight is 370 g/mol. The Bertz CT molecular complexity index is 675. The molecule has 24 heavy (non-hydrogen) atoms. The normalized spacial score (nSPS) is 21.3. The number of piperazine rings is 1. The van der Waals surface area contributed by atoms with Crippen LogP contribution in [0.2, 0.25) is 10.0 Å². The molecule has 2 aliphatic heterocycles. The highest BCUT2D eigenvalue weighted by Gasteiger charge is 2.37. The number of anilines is 1. The molecule has 0 saturated carbocycles. The van der Waals surface area contributed by atoms with Crippen LogP contribution in [0.1, 0.15) is 6.42 Å². The molecule has 3 rings (SSSR count). The number of halogens is 2. The predicted octanol–water partition coefficient (Wildman–Crippen LogP) is 1.65. The molecule has 1 unspecified atom stereocenters. The summed E-state index contributed by atoms with van der Waals surface area (Å²) in [4.78, 5) is 40.6. The molecule has 128 valence electrons. The summed E-state index contributed by atoms with van der Waals surface area (Å²) in [6.07, 6.45) is 0.986. The van der Waals surface area contributed by atoms with Crippen LogP contribution in [0, 0.1) is 5.92 Å². The molecule has 8 heteroatoms. The minimum absolute atomic E-state index is 0.0311. The summed E-state index contributed by atoms with van der Waals surface area (Å²) in [5.41, 5.74) is 0.649. The van der Waals surface area contributed by atoms with Gasteiger partial charge in [-0.05, 0) is 18.2 Å². The maximum absolute atomic E-state index is 12.6. The lowest BCUT2D eigenvalue weighted by molar-refractivity contribution is -0.139. The van der Waals surface area contributed by atoms with Crippen LogP contribution < -0.4 is 4.90 Å². The molecule has 0 aromatic heterocycles. The van der Waals surface area contributed by atoms with Gasteiger partial charge in [-0.25, -0.2) is 0 Å². The molecule has 1 aromatic rings. The molecule has 1 atom stereocenters. The Labute approximate surface area is 149 Å². The Hall–Kier alpha value is -1.79. The molecule has 0 bridgehead atoms. The highest BCUT2D eigenvalue weighted by atomic mass is 35.5. The molecule has 0 spiro atoms. The molecular formula is C16H17Cl2N3O3. The van der Waals surface area contributed by atoms with Crippen molar-refractivity contribution < 1.29 is 14.4 Å². The second-order valence-electron chi connectivity index (χ2n) is 5.97. The third kappa shape index (κ3) is 3.35. The lowest BCUT2D eigenvalue weighted by Crippen LogP contribution is -2.50. The summed E-state index contributed by atoms with van der Waals surface area (Å²) >= 11 is 11.9. The summed E-state index contributed by atoms with van der Waals surface area (Å²) in [5, 5.41) is 0.800. The zero-order valence-electron chi connectivity index (χ0n) is 13.0. The van der Waals surface area contributed by atoms with Gasteiger partial charge in [0.1, 0.15) is 0 Å². The SMILES string of the molecule is O=CN1CCN(C(=O)C2CC(=O)N(c3ccc(Cl)c(Cl)c3)C2)CC1. The molecule has 0 radical (unpaired) electrons. The highest BCUT2D eigenvalue weighted by molar-refractivity contribution is 6.42. The van der Waals surface area contributed by atoms with Crippen LogP contribution >= 0.6 is 23.2 Å². The van der Waals surface area contributed by atoms with E-state index in [1.54, 1.807) is 32.9 Å². The van der Waals surface area contributed by atoms with E-state index in [2.05, 4.69) is 0 Å². The molecule has 0 aliphatic carbocycles. The third-order valence-electron chi connectivity index (χ3n) is 4.46. The standard InChI is InChI=1S/C16H17Cl2N3O3/c17-13-2-1-12(8-14(13)18)21-9-11(7-15(21)23)16(24)20-5-3-19(10-22)4-6-20/h1-2,8,10-11H,3-7,9H2. The second kappa shape index (κ2) is 6.99. The number of nitrogens with zero attached hydrogens (tertiary/aromatic N) is 3. The van der Waals surface area contributed by atoms with Crippen LogP contribution in [0.3, 0.4) is 0 Å². The van der Waals surface area contributed by atoms with Gasteiger partial charge in [0.25, 0.3) is 0 Å². The quantitative estimate of drug-likeness (QED) is 0.761. The van der Waals surface area contributed by atoms with Gasteiger partial charge < -0.3 is 14.7 Å². The van der Waals surface area contributed by atoms with Crippen molar-refractivity contribution in [3.05, 3.63) is 28.2 Å². The first-order valence-electron chi connectivity index (χ1n) is 7.73. The van der Waals surface area contributed by atoms with E-state index in [0.717, 1.165) is 6.41 Å². The topological polar surface area (TPSA) is 60.9 Å². The van der Waals surface area contributed by atoms with Crippen LogP contribution in [0.4, 0.5) is 5.69 Å². The van der Waals surface area contributed by atoms with Gasteiger partial charge in [-0.2, -0.15) is 0 Å². The van der Waals surface area contributed by atoms with Gasteiger partial charge in [-0.15, -0.1) is 0 Å².